The van der Waals surface area contributed by atoms with Crippen molar-refractivity contribution in [3.8, 4) is 16.9 Å². The van der Waals surface area contributed by atoms with Gasteiger partial charge in [-0.1, -0.05) is 45.2 Å². The van der Waals surface area contributed by atoms with Crippen molar-refractivity contribution in [3.05, 3.63) is 50.7 Å². The Labute approximate surface area is 116 Å². The van der Waals surface area contributed by atoms with Crippen LogP contribution in [0.1, 0.15) is 0 Å². The standard InChI is InChI=1S/C12H6BrCl2FO/c13-6-3-9(12(17)11(16)4-6)8-2-1-7(14)5-10(8)15/h1-5,17H. The lowest BCUT2D eigenvalue weighted by molar-refractivity contribution is 0.434. The van der Waals surface area contributed by atoms with Gasteiger partial charge in [0.2, 0.25) is 0 Å². The Morgan fingerprint density at radius 2 is 1.76 bits per heavy atom. The van der Waals surface area contributed by atoms with E-state index in [0.717, 1.165) is 0 Å². The molecule has 1 N–H and O–H groups in total. The predicted octanol–water partition coefficient (Wildman–Crippen LogP) is 5.27. The highest BCUT2D eigenvalue weighted by Gasteiger charge is 2.13. The first-order chi connectivity index (χ1) is 7.99. The smallest absolute Gasteiger partial charge is 0.166 e. The fourth-order valence-corrected chi connectivity index (χ4v) is 2.42. The number of phenolic OH excluding ortho intramolecular Hbond substituents is 1. The van der Waals surface area contributed by atoms with E-state index in [2.05, 4.69) is 15.9 Å². The van der Waals surface area contributed by atoms with Crippen molar-refractivity contribution < 1.29 is 9.50 Å². The van der Waals surface area contributed by atoms with Crippen LogP contribution in [0.4, 0.5) is 4.39 Å². The minimum atomic E-state index is -0.708. The second kappa shape index (κ2) is 4.84. The van der Waals surface area contributed by atoms with E-state index in [1.54, 1.807) is 18.2 Å². The molecule has 0 saturated carbocycles. The minimum absolute atomic E-state index is 0.318. The molecule has 0 aromatic heterocycles. The molecule has 0 aliphatic rings. The maximum Gasteiger partial charge on any atom is 0.166 e. The average Bonchev–Trinajstić information content (AvgIpc) is 2.24. The fraction of sp³-hybridized carbons (Fsp3) is 0. The average molecular weight is 336 g/mol. The molecule has 0 spiro atoms. The van der Waals surface area contributed by atoms with Crippen LogP contribution in [-0.4, -0.2) is 5.11 Å². The van der Waals surface area contributed by atoms with E-state index in [0.29, 0.717) is 25.6 Å². The van der Waals surface area contributed by atoms with Crippen LogP contribution in [0.3, 0.4) is 0 Å². The van der Waals surface area contributed by atoms with Crippen molar-refractivity contribution in [2.75, 3.05) is 0 Å². The third-order valence-corrected chi connectivity index (χ3v) is 3.26. The Balaban J connectivity index is 2.68. The van der Waals surface area contributed by atoms with Crippen LogP contribution in [0, 0.1) is 5.82 Å². The highest BCUT2D eigenvalue weighted by molar-refractivity contribution is 9.10. The Morgan fingerprint density at radius 3 is 2.41 bits per heavy atom. The Bertz CT molecular complexity index is 587. The fourth-order valence-electron chi connectivity index (χ4n) is 1.48. The van der Waals surface area contributed by atoms with E-state index < -0.39 is 11.6 Å². The molecule has 0 radical (unpaired) electrons. The predicted molar refractivity (Wildman–Crippen MR) is 71.2 cm³/mol. The van der Waals surface area contributed by atoms with Gasteiger partial charge < -0.3 is 5.11 Å². The first-order valence-corrected chi connectivity index (χ1v) is 6.17. The van der Waals surface area contributed by atoms with Crippen LogP contribution in [0.2, 0.25) is 10.0 Å². The zero-order valence-electron chi connectivity index (χ0n) is 8.35. The lowest BCUT2D eigenvalue weighted by atomic mass is 10.0. The van der Waals surface area contributed by atoms with Gasteiger partial charge in [0.1, 0.15) is 0 Å². The van der Waals surface area contributed by atoms with E-state index in [1.807, 2.05) is 0 Å². The summed E-state index contributed by atoms with van der Waals surface area (Å²) in [5.74, 6) is -1.14. The second-order valence-corrected chi connectivity index (χ2v) is 5.17. The molecule has 88 valence electrons. The van der Waals surface area contributed by atoms with Gasteiger partial charge in [-0.3, -0.25) is 0 Å². The summed E-state index contributed by atoms with van der Waals surface area (Å²) in [7, 11) is 0. The molecule has 0 amide bonds. The third-order valence-electron chi connectivity index (χ3n) is 2.25. The second-order valence-electron chi connectivity index (χ2n) is 3.41. The van der Waals surface area contributed by atoms with Gasteiger partial charge in [0.25, 0.3) is 0 Å². The van der Waals surface area contributed by atoms with Crippen LogP contribution < -0.4 is 0 Å². The molecule has 0 bridgehead atoms. The molecule has 2 aromatic carbocycles. The molecule has 5 heteroatoms. The van der Waals surface area contributed by atoms with Gasteiger partial charge in [0, 0.05) is 20.6 Å². The molecule has 0 aliphatic carbocycles. The first kappa shape index (κ1) is 12.7. The maximum absolute atomic E-state index is 13.4. The number of aromatic hydroxyl groups is 1. The van der Waals surface area contributed by atoms with E-state index in [4.69, 9.17) is 23.2 Å². The number of hydrogen-bond acceptors (Lipinski definition) is 1. The third kappa shape index (κ3) is 2.57. The molecule has 2 aromatic rings. The molecule has 0 aliphatic heterocycles. The van der Waals surface area contributed by atoms with Crippen LogP contribution in [0.25, 0.3) is 11.1 Å². The normalized spacial score (nSPS) is 10.6. The summed E-state index contributed by atoms with van der Waals surface area (Å²) >= 11 is 14.9. The summed E-state index contributed by atoms with van der Waals surface area (Å²) in [5, 5.41) is 10.5. The van der Waals surface area contributed by atoms with Gasteiger partial charge in [-0.25, -0.2) is 4.39 Å². The highest BCUT2D eigenvalue weighted by Crippen LogP contribution is 2.38. The number of benzene rings is 2. The summed E-state index contributed by atoms with van der Waals surface area (Å²) < 4.78 is 13.9. The Hall–Kier alpha value is -0.770. The zero-order valence-corrected chi connectivity index (χ0v) is 11.4. The number of halogens is 4. The summed E-state index contributed by atoms with van der Waals surface area (Å²) in [6.07, 6.45) is 0. The molecule has 2 rings (SSSR count). The SMILES string of the molecule is Oc1c(F)cc(Br)cc1-c1ccc(Cl)cc1Cl. The van der Waals surface area contributed by atoms with Crippen molar-refractivity contribution >= 4 is 39.1 Å². The van der Waals surface area contributed by atoms with Crippen molar-refractivity contribution in [2.45, 2.75) is 0 Å². The summed E-state index contributed by atoms with van der Waals surface area (Å²) in [5.41, 5.74) is 0.840. The molecular weight excluding hydrogens is 330 g/mol. The van der Waals surface area contributed by atoms with Crippen LogP contribution >= 0.6 is 39.1 Å². The minimum Gasteiger partial charge on any atom is -0.504 e. The topological polar surface area (TPSA) is 20.2 Å². The van der Waals surface area contributed by atoms with Crippen molar-refractivity contribution in [3.63, 3.8) is 0 Å². The quantitative estimate of drug-likeness (QED) is 0.752. The monoisotopic (exact) mass is 334 g/mol. The molecule has 1 nitrogen and oxygen atoms in total. The van der Waals surface area contributed by atoms with Gasteiger partial charge in [0.15, 0.2) is 11.6 Å². The number of phenols is 1. The Kier molecular flexibility index (Phi) is 3.61. The largest absolute Gasteiger partial charge is 0.504 e. The van der Waals surface area contributed by atoms with Crippen LogP contribution in [0.15, 0.2) is 34.8 Å². The molecule has 0 fully saturated rings. The lowest BCUT2D eigenvalue weighted by Crippen LogP contribution is -1.85. The molecule has 17 heavy (non-hydrogen) atoms. The molecule has 0 heterocycles. The van der Waals surface area contributed by atoms with E-state index >= 15 is 0 Å². The summed E-state index contributed by atoms with van der Waals surface area (Å²) in [6, 6.07) is 7.57. The summed E-state index contributed by atoms with van der Waals surface area (Å²) in [4.78, 5) is 0. The van der Waals surface area contributed by atoms with Gasteiger partial charge in [-0.05, 0) is 24.3 Å². The number of hydrogen-bond donors (Lipinski definition) is 1. The summed E-state index contributed by atoms with van der Waals surface area (Å²) in [6.45, 7) is 0. The van der Waals surface area contributed by atoms with E-state index in [-0.39, 0.29) is 0 Å². The highest BCUT2D eigenvalue weighted by atomic mass is 79.9. The van der Waals surface area contributed by atoms with E-state index in [1.165, 1.54) is 12.1 Å². The van der Waals surface area contributed by atoms with Gasteiger partial charge >= 0.3 is 0 Å². The first-order valence-electron chi connectivity index (χ1n) is 4.62. The molecular formula is C12H6BrCl2FO. The van der Waals surface area contributed by atoms with Gasteiger partial charge in [0.05, 0.1) is 5.02 Å². The van der Waals surface area contributed by atoms with Crippen molar-refractivity contribution in [1.82, 2.24) is 0 Å². The van der Waals surface area contributed by atoms with Crippen LogP contribution in [0.5, 0.6) is 5.75 Å². The van der Waals surface area contributed by atoms with Gasteiger partial charge in [-0.2, -0.15) is 0 Å². The lowest BCUT2D eigenvalue weighted by Gasteiger charge is -2.08. The molecule has 0 atom stereocenters. The number of rotatable bonds is 1. The Morgan fingerprint density at radius 1 is 1.06 bits per heavy atom. The molecule has 0 unspecified atom stereocenters. The zero-order chi connectivity index (χ0) is 12.6. The van der Waals surface area contributed by atoms with E-state index in [9.17, 15) is 9.50 Å². The van der Waals surface area contributed by atoms with Gasteiger partial charge in [-0.15, -0.1) is 0 Å². The van der Waals surface area contributed by atoms with Crippen LogP contribution in [-0.2, 0) is 0 Å². The molecule has 0 saturated heterocycles. The maximum atomic E-state index is 13.4. The van der Waals surface area contributed by atoms with Crippen molar-refractivity contribution in [2.24, 2.45) is 0 Å². The van der Waals surface area contributed by atoms with Crippen molar-refractivity contribution in [1.29, 1.82) is 0 Å².